The van der Waals surface area contributed by atoms with Gasteiger partial charge in [0.1, 0.15) is 6.10 Å². The van der Waals surface area contributed by atoms with Gasteiger partial charge in [-0.3, -0.25) is 0 Å². The summed E-state index contributed by atoms with van der Waals surface area (Å²) in [5, 5.41) is 0. The highest BCUT2D eigenvalue weighted by Gasteiger charge is 2.25. The van der Waals surface area contributed by atoms with E-state index in [1.807, 2.05) is 66.7 Å². The summed E-state index contributed by atoms with van der Waals surface area (Å²) in [7, 11) is 0. The third-order valence-corrected chi connectivity index (χ3v) is 3.30. The molecule has 0 aliphatic rings. The van der Waals surface area contributed by atoms with Crippen LogP contribution in [-0.4, -0.2) is 5.97 Å². The summed E-state index contributed by atoms with van der Waals surface area (Å²) in [6.45, 7) is 7.36. The second-order valence-corrected chi connectivity index (χ2v) is 4.64. The van der Waals surface area contributed by atoms with Crippen LogP contribution in [0.15, 0.2) is 86.0 Å². The summed E-state index contributed by atoms with van der Waals surface area (Å²) >= 11 is 0. The highest BCUT2D eigenvalue weighted by molar-refractivity contribution is 5.81. The molecule has 0 saturated carbocycles. The van der Waals surface area contributed by atoms with Gasteiger partial charge in [-0.2, -0.15) is 0 Å². The van der Waals surface area contributed by atoms with E-state index in [1.165, 1.54) is 6.08 Å². The Balaban J connectivity index is 2.40. The van der Waals surface area contributed by atoms with Crippen molar-refractivity contribution >= 4 is 5.97 Å². The first kappa shape index (κ1) is 14.8. The zero-order valence-electron chi connectivity index (χ0n) is 11.8. The summed E-state index contributed by atoms with van der Waals surface area (Å²) < 4.78 is 5.56. The minimum Gasteiger partial charge on any atom is -0.453 e. The Hall–Kier alpha value is -2.61. The molecular weight excluding hydrogens is 260 g/mol. The van der Waals surface area contributed by atoms with E-state index in [1.54, 1.807) is 0 Å². The molecule has 0 aliphatic carbocycles. The number of hydrogen-bond acceptors (Lipinski definition) is 2. The minimum atomic E-state index is -0.438. The molecule has 2 rings (SSSR count). The maximum Gasteiger partial charge on any atom is 0.330 e. The van der Waals surface area contributed by atoms with Crippen molar-refractivity contribution in [2.45, 2.75) is 12.0 Å². The topological polar surface area (TPSA) is 26.3 Å². The maximum atomic E-state index is 11.7. The Kier molecular flexibility index (Phi) is 5.10. The Morgan fingerprint density at radius 1 is 0.905 bits per heavy atom. The first-order valence-corrected chi connectivity index (χ1v) is 6.81. The molecular formula is C19H18O2. The van der Waals surface area contributed by atoms with Gasteiger partial charge in [-0.15, -0.1) is 6.58 Å². The van der Waals surface area contributed by atoms with Crippen LogP contribution >= 0.6 is 0 Å². The lowest BCUT2D eigenvalue weighted by molar-refractivity contribution is -0.144. The van der Waals surface area contributed by atoms with Crippen molar-refractivity contribution in [1.82, 2.24) is 0 Å². The van der Waals surface area contributed by atoms with E-state index < -0.39 is 12.1 Å². The van der Waals surface area contributed by atoms with Crippen molar-refractivity contribution in [3.63, 3.8) is 0 Å². The first-order chi connectivity index (χ1) is 10.3. The van der Waals surface area contributed by atoms with Gasteiger partial charge in [0.15, 0.2) is 0 Å². The van der Waals surface area contributed by atoms with Crippen molar-refractivity contribution in [3.05, 3.63) is 97.1 Å². The Morgan fingerprint density at radius 2 is 1.43 bits per heavy atom. The third-order valence-electron chi connectivity index (χ3n) is 3.30. The molecule has 0 aliphatic heterocycles. The molecule has 106 valence electrons. The van der Waals surface area contributed by atoms with Gasteiger partial charge >= 0.3 is 5.97 Å². The van der Waals surface area contributed by atoms with Gasteiger partial charge in [0, 0.05) is 12.0 Å². The number of hydrogen-bond donors (Lipinski definition) is 0. The highest BCUT2D eigenvalue weighted by atomic mass is 16.5. The van der Waals surface area contributed by atoms with Crippen molar-refractivity contribution < 1.29 is 9.53 Å². The van der Waals surface area contributed by atoms with Crippen LogP contribution in [-0.2, 0) is 9.53 Å². The van der Waals surface area contributed by atoms with Gasteiger partial charge in [0.2, 0.25) is 0 Å². The largest absolute Gasteiger partial charge is 0.453 e. The normalized spacial score (nSPS) is 13.0. The predicted octanol–water partition coefficient (Wildman–Crippen LogP) is 4.43. The van der Waals surface area contributed by atoms with Gasteiger partial charge in [0.05, 0.1) is 0 Å². The van der Waals surface area contributed by atoms with E-state index >= 15 is 0 Å². The first-order valence-electron chi connectivity index (χ1n) is 6.81. The standard InChI is InChI=1S/C19H18O2/c1-3-17(15-11-7-5-8-12-15)19(21-18(20)4-2)16-13-9-6-10-14-16/h3-14,17,19H,1-2H2/t17-,19-/m0/s1. The lowest BCUT2D eigenvalue weighted by Crippen LogP contribution is -2.16. The summed E-state index contributed by atoms with van der Waals surface area (Å²) in [6.07, 6.45) is 2.57. The number of ether oxygens (including phenoxy) is 1. The molecule has 2 atom stereocenters. The average Bonchev–Trinajstić information content (AvgIpc) is 2.56. The zero-order chi connectivity index (χ0) is 15.1. The number of esters is 1. The second-order valence-electron chi connectivity index (χ2n) is 4.64. The molecule has 2 aromatic rings. The molecule has 0 bridgehead atoms. The molecule has 0 unspecified atom stereocenters. The zero-order valence-corrected chi connectivity index (χ0v) is 11.8. The van der Waals surface area contributed by atoms with Gasteiger partial charge in [0.25, 0.3) is 0 Å². The molecule has 0 N–H and O–H groups in total. The molecule has 21 heavy (non-hydrogen) atoms. The van der Waals surface area contributed by atoms with Crippen LogP contribution in [0, 0.1) is 0 Å². The molecule has 0 saturated heterocycles. The fourth-order valence-electron chi connectivity index (χ4n) is 2.27. The van der Waals surface area contributed by atoms with E-state index in [2.05, 4.69) is 13.2 Å². The lowest BCUT2D eigenvalue weighted by Gasteiger charge is -2.25. The quantitative estimate of drug-likeness (QED) is 0.444. The molecule has 0 amide bonds. The summed E-state index contributed by atoms with van der Waals surface area (Å²) in [6, 6.07) is 19.6. The van der Waals surface area contributed by atoms with Gasteiger partial charge in [-0.05, 0) is 11.1 Å². The number of carbonyl (C=O) groups excluding carboxylic acids is 1. The van der Waals surface area contributed by atoms with Crippen LogP contribution in [0.2, 0.25) is 0 Å². The smallest absolute Gasteiger partial charge is 0.330 e. The maximum absolute atomic E-state index is 11.7. The van der Waals surface area contributed by atoms with E-state index in [0.717, 1.165) is 11.1 Å². The van der Waals surface area contributed by atoms with Crippen molar-refractivity contribution in [2.24, 2.45) is 0 Å². The molecule has 0 heterocycles. The molecule has 0 radical (unpaired) electrons. The predicted molar refractivity (Wildman–Crippen MR) is 84.9 cm³/mol. The van der Waals surface area contributed by atoms with Gasteiger partial charge < -0.3 is 4.74 Å². The molecule has 0 spiro atoms. The van der Waals surface area contributed by atoms with Crippen LogP contribution < -0.4 is 0 Å². The Bertz CT molecular complexity index is 602. The fourth-order valence-corrected chi connectivity index (χ4v) is 2.27. The van der Waals surface area contributed by atoms with Crippen LogP contribution in [0.1, 0.15) is 23.1 Å². The van der Waals surface area contributed by atoms with Crippen molar-refractivity contribution in [3.8, 4) is 0 Å². The average molecular weight is 278 g/mol. The molecule has 2 heteroatoms. The molecule has 0 aromatic heterocycles. The Morgan fingerprint density at radius 3 is 1.90 bits per heavy atom. The minimum absolute atomic E-state index is 0.113. The van der Waals surface area contributed by atoms with Crippen LogP contribution in [0.4, 0.5) is 0 Å². The molecule has 2 nitrogen and oxygen atoms in total. The van der Waals surface area contributed by atoms with Crippen LogP contribution in [0.5, 0.6) is 0 Å². The summed E-state index contributed by atoms with van der Waals surface area (Å²) in [4.78, 5) is 11.7. The third kappa shape index (κ3) is 3.69. The van der Waals surface area contributed by atoms with Crippen molar-refractivity contribution in [1.29, 1.82) is 0 Å². The lowest BCUT2D eigenvalue weighted by atomic mass is 9.89. The number of carbonyl (C=O) groups is 1. The second kappa shape index (κ2) is 7.25. The number of benzene rings is 2. The number of rotatable bonds is 6. The van der Waals surface area contributed by atoms with Gasteiger partial charge in [-0.1, -0.05) is 73.3 Å². The van der Waals surface area contributed by atoms with E-state index in [4.69, 9.17) is 4.74 Å². The SMILES string of the molecule is C=CC(=O)O[C@@H](c1ccccc1)[C@@H](C=C)c1ccccc1. The summed E-state index contributed by atoms with van der Waals surface area (Å²) in [5.74, 6) is -0.552. The van der Waals surface area contributed by atoms with Gasteiger partial charge in [-0.25, -0.2) is 4.79 Å². The molecule has 0 fully saturated rings. The monoisotopic (exact) mass is 278 g/mol. The van der Waals surface area contributed by atoms with Crippen LogP contribution in [0.25, 0.3) is 0 Å². The molecule has 2 aromatic carbocycles. The summed E-state index contributed by atoms with van der Waals surface area (Å²) in [5.41, 5.74) is 1.99. The van der Waals surface area contributed by atoms with Crippen molar-refractivity contribution in [2.75, 3.05) is 0 Å². The van der Waals surface area contributed by atoms with E-state index in [9.17, 15) is 4.79 Å². The Labute approximate surface area is 125 Å². The van der Waals surface area contributed by atoms with E-state index in [0.29, 0.717) is 0 Å². The van der Waals surface area contributed by atoms with Crippen LogP contribution in [0.3, 0.4) is 0 Å². The fraction of sp³-hybridized carbons (Fsp3) is 0.105. The van der Waals surface area contributed by atoms with E-state index in [-0.39, 0.29) is 5.92 Å². The highest BCUT2D eigenvalue weighted by Crippen LogP contribution is 2.35.